The number of rotatable bonds is 5. The van der Waals surface area contributed by atoms with Crippen LogP contribution in [0.15, 0.2) is 65.9 Å². The van der Waals surface area contributed by atoms with Crippen LogP contribution in [0.4, 0.5) is 0 Å². The lowest BCUT2D eigenvalue weighted by molar-refractivity contribution is -0.158. The number of methoxy groups -OCH3 is 1. The number of alkyl halides is 1. The average molecular weight is 444 g/mol. The van der Waals surface area contributed by atoms with Crippen molar-refractivity contribution in [2.45, 2.75) is 11.5 Å². The number of halogens is 1. The molecule has 2 aromatic carbocycles. The first-order valence-corrected chi connectivity index (χ1v) is 10.8. The van der Waals surface area contributed by atoms with Crippen LogP contribution in [0.5, 0.6) is 0 Å². The van der Waals surface area contributed by atoms with Gasteiger partial charge in [-0.25, -0.2) is 0 Å². The number of hydrogen-bond donors (Lipinski definition) is 0. The number of Topliss-reactive ketones (excluding diaryl/α,β-unsaturated/α-hetero) is 1. The van der Waals surface area contributed by atoms with Gasteiger partial charge >= 0.3 is 0 Å². The third-order valence-electron chi connectivity index (χ3n) is 4.88. The summed E-state index contributed by atoms with van der Waals surface area (Å²) in [5.41, 5.74) is 4.19. The fraction of sp³-hybridized carbons (Fsp3) is 0.238. The van der Waals surface area contributed by atoms with Crippen molar-refractivity contribution in [3.05, 3.63) is 71.4 Å². The highest BCUT2D eigenvalue weighted by molar-refractivity contribution is 9.09. The predicted molar refractivity (Wildman–Crippen MR) is 111 cm³/mol. The van der Waals surface area contributed by atoms with Gasteiger partial charge in [-0.2, -0.15) is 0 Å². The number of benzene rings is 2. The lowest BCUT2D eigenvalue weighted by atomic mass is 9.97. The average Bonchev–Trinajstić information content (AvgIpc) is 2.73. The SMILES string of the molecule is CO[C@H]1C(=O)N2C(C(=O)c3ccc(-c4ccccc4)cc3)=C(CBr)CS[C@@H]12. The number of carbonyl (C=O) groups is 2. The molecule has 4 nitrogen and oxygen atoms in total. The third kappa shape index (κ3) is 3.16. The molecule has 0 N–H and O–H groups in total. The molecule has 4 rings (SSSR count). The number of ether oxygens (including phenoxy) is 1. The van der Waals surface area contributed by atoms with Gasteiger partial charge in [0.2, 0.25) is 5.78 Å². The number of amides is 1. The van der Waals surface area contributed by atoms with Gasteiger partial charge in [-0.3, -0.25) is 14.5 Å². The van der Waals surface area contributed by atoms with Crippen molar-refractivity contribution >= 4 is 39.4 Å². The maximum Gasteiger partial charge on any atom is 0.260 e. The fourth-order valence-electron chi connectivity index (χ4n) is 3.43. The number of β-lactam (4-membered cyclic amide) rings is 1. The number of ketones is 1. The second-order valence-electron chi connectivity index (χ2n) is 6.42. The van der Waals surface area contributed by atoms with Gasteiger partial charge in [0.05, 0.1) is 5.70 Å². The maximum absolute atomic E-state index is 13.2. The number of fused-ring (bicyclic) bond motifs is 1. The van der Waals surface area contributed by atoms with Gasteiger partial charge in [0.25, 0.3) is 5.91 Å². The lowest BCUT2D eigenvalue weighted by Gasteiger charge is -2.49. The Morgan fingerprint density at radius 3 is 2.44 bits per heavy atom. The molecule has 0 radical (unpaired) electrons. The maximum atomic E-state index is 13.2. The van der Waals surface area contributed by atoms with Gasteiger partial charge in [0.15, 0.2) is 6.10 Å². The number of thioether (sulfide) groups is 1. The second kappa shape index (κ2) is 7.62. The molecular weight excluding hydrogens is 426 g/mol. The summed E-state index contributed by atoms with van der Waals surface area (Å²) in [5.74, 6) is 0.456. The topological polar surface area (TPSA) is 46.6 Å². The van der Waals surface area contributed by atoms with E-state index < -0.39 is 6.10 Å². The van der Waals surface area contributed by atoms with E-state index in [4.69, 9.17) is 4.74 Å². The molecule has 0 unspecified atom stereocenters. The summed E-state index contributed by atoms with van der Waals surface area (Å²) in [6.07, 6.45) is -0.463. The molecule has 0 saturated carbocycles. The molecule has 1 saturated heterocycles. The van der Waals surface area contributed by atoms with Crippen molar-refractivity contribution in [3.8, 4) is 11.1 Å². The Kier molecular flexibility index (Phi) is 5.21. The summed E-state index contributed by atoms with van der Waals surface area (Å²) in [6.45, 7) is 0. The summed E-state index contributed by atoms with van der Waals surface area (Å²) >= 11 is 5.10. The monoisotopic (exact) mass is 443 g/mol. The molecule has 2 aliphatic rings. The van der Waals surface area contributed by atoms with E-state index in [0.29, 0.717) is 22.3 Å². The fourth-order valence-corrected chi connectivity index (χ4v) is 5.53. The highest BCUT2D eigenvalue weighted by atomic mass is 79.9. The van der Waals surface area contributed by atoms with Crippen molar-refractivity contribution in [2.75, 3.05) is 18.2 Å². The van der Waals surface area contributed by atoms with Crippen LogP contribution in [0.25, 0.3) is 11.1 Å². The van der Waals surface area contributed by atoms with Crippen LogP contribution in [0.3, 0.4) is 0 Å². The van der Waals surface area contributed by atoms with E-state index in [0.717, 1.165) is 16.7 Å². The van der Waals surface area contributed by atoms with E-state index in [-0.39, 0.29) is 17.1 Å². The molecule has 0 aliphatic carbocycles. The van der Waals surface area contributed by atoms with Crippen molar-refractivity contribution in [2.24, 2.45) is 0 Å². The molecule has 2 atom stereocenters. The molecule has 138 valence electrons. The van der Waals surface area contributed by atoms with E-state index in [1.54, 1.807) is 16.7 Å². The van der Waals surface area contributed by atoms with Crippen LogP contribution in [0, 0.1) is 0 Å². The Balaban J connectivity index is 1.65. The van der Waals surface area contributed by atoms with Crippen LogP contribution in [0.1, 0.15) is 10.4 Å². The zero-order chi connectivity index (χ0) is 19.0. The lowest BCUT2D eigenvalue weighted by Crippen LogP contribution is -2.65. The molecule has 2 heterocycles. The van der Waals surface area contributed by atoms with Gasteiger partial charge in [0.1, 0.15) is 5.37 Å². The van der Waals surface area contributed by atoms with Gasteiger partial charge in [-0.1, -0.05) is 70.5 Å². The number of nitrogens with zero attached hydrogens (tertiary/aromatic N) is 1. The largest absolute Gasteiger partial charge is 0.368 e. The first-order chi connectivity index (χ1) is 13.2. The smallest absolute Gasteiger partial charge is 0.260 e. The predicted octanol–water partition coefficient (Wildman–Crippen LogP) is 4.12. The molecule has 6 heteroatoms. The number of hydrogen-bond acceptors (Lipinski definition) is 4. The third-order valence-corrected chi connectivity index (χ3v) is 6.87. The Morgan fingerprint density at radius 2 is 1.81 bits per heavy atom. The van der Waals surface area contributed by atoms with Crippen molar-refractivity contribution < 1.29 is 14.3 Å². The first kappa shape index (κ1) is 18.5. The van der Waals surface area contributed by atoms with Crippen LogP contribution >= 0.6 is 27.7 Å². The minimum atomic E-state index is -0.463. The van der Waals surface area contributed by atoms with Crippen LogP contribution in [-0.2, 0) is 9.53 Å². The van der Waals surface area contributed by atoms with Gasteiger partial charge < -0.3 is 4.74 Å². The summed E-state index contributed by atoms with van der Waals surface area (Å²) in [6, 6.07) is 17.6. The highest BCUT2D eigenvalue weighted by Gasteiger charge is 2.53. The molecule has 0 bridgehead atoms. The van der Waals surface area contributed by atoms with E-state index in [9.17, 15) is 9.59 Å². The Hall–Kier alpha value is -1.89. The zero-order valence-corrected chi connectivity index (χ0v) is 17.1. The van der Waals surface area contributed by atoms with Crippen molar-refractivity contribution in [1.82, 2.24) is 4.90 Å². The summed E-state index contributed by atoms with van der Waals surface area (Å²) in [5, 5.41) is 0.449. The summed E-state index contributed by atoms with van der Waals surface area (Å²) < 4.78 is 5.28. The van der Waals surface area contributed by atoms with Gasteiger partial charge in [0, 0.05) is 23.8 Å². The minimum absolute atomic E-state index is 0.114. The van der Waals surface area contributed by atoms with Crippen LogP contribution < -0.4 is 0 Å². The van der Waals surface area contributed by atoms with Crippen molar-refractivity contribution in [3.63, 3.8) is 0 Å². The number of allylic oxidation sites excluding steroid dienone is 1. The van der Waals surface area contributed by atoms with Crippen LogP contribution in [0.2, 0.25) is 0 Å². The highest BCUT2D eigenvalue weighted by Crippen LogP contribution is 2.42. The second-order valence-corrected chi connectivity index (χ2v) is 8.09. The van der Waals surface area contributed by atoms with E-state index in [1.165, 1.54) is 7.11 Å². The normalized spacial score (nSPS) is 21.7. The molecule has 2 aliphatic heterocycles. The van der Waals surface area contributed by atoms with E-state index >= 15 is 0 Å². The van der Waals surface area contributed by atoms with E-state index in [1.807, 2.05) is 54.6 Å². The quantitative estimate of drug-likeness (QED) is 0.396. The standard InChI is InChI=1S/C21H18BrNO3S/c1-26-19-20(25)23-17(16(11-22)12-27-21(19)23)18(24)15-9-7-14(8-10-15)13-5-3-2-4-6-13/h2-10,19,21H,11-12H2,1H3/t19-,21-/m0/s1. The zero-order valence-electron chi connectivity index (χ0n) is 14.7. The minimum Gasteiger partial charge on any atom is -0.368 e. The molecule has 1 amide bonds. The number of carbonyl (C=O) groups excluding carboxylic acids is 2. The molecule has 27 heavy (non-hydrogen) atoms. The van der Waals surface area contributed by atoms with E-state index in [2.05, 4.69) is 15.9 Å². The van der Waals surface area contributed by atoms with Crippen molar-refractivity contribution in [1.29, 1.82) is 0 Å². The first-order valence-electron chi connectivity index (χ1n) is 8.61. The summed E-state index contributed by atoms with van der Waals surface area (Å²) in [4.78, 5) is 27.3. The Morgan fingerprint density at radius 1 is 1.15 bits per heavy atom. The molecule has 0 spiro atoms. The van der Waals surface area contributed by atoms with Crippen LogP contribution in [-0.4, -0.2) is 46.3 Å². The molecule has 1 fully saturated rings. The molecular formula is C21H18BrNO3S. The molecule has 0 aromatic heterocycles. The van der Waals surface area contributed by atoms with Gasteiger partial charge in [-0.05, 0) is 16.7 Å². The summed E-state index contributed by atoms with van der Waals surface area (Å²) in [7, 11) is 1.54. The Labute approximate surface area is 170 Å². The van der Waals surface area contributed by atoms with Gasteiger partial charge in [-0.15, -0.1) is 11.8 Å². The Bertz CT molecular complexity index is 911. The molecule has 2 aromatic rings.